The maximum atomic E-state index is 12.3. The van der Waals surface area contributed by atoms with Crippen molar-refractivity contribution in [2.24, 2.45) is 0 Å². The number of H-pyrrole nitrogens is 1. The Kier molecular flexibility index (Phi) is 3.57. The number of methoxy groups -OCH3 is 1. The van der Waals surface area contributed by atoms with Crippen LogP contribution in [-0.4, -0.2) is 23.0 Å². The number of carbonyl (C=O) groups excluding carboxylic acids is 1. The monoisotopic (exact) mass is 295 g/mol. The van der Waals surface area contributed by atoms with Gasteiger partial charge >= 0.3 is 0 Å². The van der Waals surface area contributed by atoms with Gasteiger partial charge in [0.25, 0.3) is 5.91 Å². The van der Waals surface area contributed by atoms with Crippen molar-refractivity contribution in [2.75, 3.05) is 12.4 Å². The first-order valence-electron chi connectivity index (χ1n) is 6.61. The van der Waals surface area contributed by atoms with E-state index in [0.717, 1.165) is 0 Å². The summed E-state index contributed by atoms with van der Waals surface area (Å²) in [6, 6.07) is 10.3. The van der Waals surface area contributed by atoms with Crippen molar-refractivity contribution in [3.05, 3.63) is 64.6 Å². The number of ether oxygens (including phenoxy) is 1. The molecule has 0 fully saturated rings. The Balaban J connectivity index is 1.91. The summed E-state index contributed by atoms with van der Waals surface area (Å²) in [6.07, 6.45) is 2.88. The standard InChI is InChI=1S/C16H13N3O3/c1-22-14-7-6-10(8-18-14)19-16(21)12-9-17-13-5-3-2-4-11(13)15(12)20/h2-9H,1H3,(H,17,20)(H,19,21). The third-order valence-electron chi connectivity index (χ3n) is 3.24. The molecule has 0 spiro atoms. The van der Waals surface area contributed by atoms with Gasteiger partial charge in [0, 0.05) is 23.2 Å². The molecule has 0 saturated carbocycles. The quantitative estimate of drug-likeness (QED) is 0.775. The molecule has 2 N–H and O–H groups in total. The first-order chi connectivity index (χ1) is 10.7. The van der Waals surface area contributed by atoms with Crippen LogP contribution in [0, 0.1) is 0 Å². The normalized spacial score (nSPS) is 10.4. The van der Waals surface area contributed by atoms with Crippen LogP contribution < -0.4 is 15.5 Å². The van der Waals surface area contributed by atoms with Gasteiger partial charge in [-0.2, -0.15) is 0 Å². The predicted molar refractivity (Wildman–Crippen MR) is 83.3 cm³/mol. The highest BCUT2D eigenvalue weighted by Crippen LogP contribution is 2.12. The molecular formula is C16H13N3O3. The Bertz CT molecular complexity index is 885. The molecule has 3 rings (SSSR count). The van der Waals surface area contributed by atoms with E-state index in [4.69, 9.17) is 4.74 Å². The number of anilines is 1. The maximum Gasteiger partial charge on any atom is 0.261 e. The molecule has 0 aliphatic carbocycles. The molecule has 2 aromatic heterocycles. The summed E-state index contributed by atoms with van der Waals surface area (Å²) < 4.78 is 4.95. The number of hydrogen-bond donors (Lipinski definition) is 2. The number of amides is 1. The Hall–Kier alpha value is -3.15. The van der Waals surface area contributed by atoms with Crippen molar-refractivity contribution < 1.29 is 9.53 Å². The fourth-order valence-corrected chi connectivity index (χ4v) is 2.11. The summed E-state index contributed by atoms with van der Waals surface area (Å²) in [5.74, 6) is -0.0412. The van der Waals surface area contributed by atoms with Gasteiger partial charge in [0.1, 0.15) is 5.56 Å². The Morgan fingerprint density at radius 3 is 2.77 bits per heavy atom. The molecule has 6 heteroatoms. The van der Waals surface area contributed by atoms with Crippen molar-refractivity contribution >= 4 is 22.5 Å². The van der Waals surface area contributed by atoms with Crippen molar-refractivity contribution in [3.8, 4) is 5.88 Å². The molecule has 0 aliphatic rings. The van der Waals surface area contributed by atoms with Gasteiger partial charge in [0.2, 0.25) is 11.3 Å². The Morgan fingerprint density at radius 2 is 2.05 bits per heavy atom. The molecule has 1 amide bonds. The van der Waals surface area contributed by atoms with E-state index in [9.17, 15) is 9.59 Å². The Labute approximate surface area is 125 Å². The summed E-state index contributed by atoms with van der Waals surface area (Å²) in [4.78, 5) is 31.5. The number of aromatic nitrogens is 2. The number of pyridine rings is 2. The average molecular weight is 295 g/mol. The molecule has 3 aromatic rings. The molecule has 0 radical (unpaired) electrons. The zero-order valence-corrected chi connectivity index (χ0v) is 11.8. The Morgan fingerprint density at radius 1 is 1.23 bits per heavy atom. The number of benzene rings is 1. The van der Waals surface area contributed by atoms with Gasteiger partial charge in [-0.1, -0.05) is 12.1 Å². The minimum Gasteiger partial charge on any atom is -0.481 e. The number of rotatable bonds is 3. The second-order valence-corrected chi connectivity index (χ2v) is 4.62. The molecule has 0 aliphatic heterocycles. The van der Waals surface area contributed by atoms with Crippen LogP contribution in [0.3, 0.4) is 0 Å². The molecule has 110 valence electrons. The topological polar surface area (TPSA) is 84.1 Å². The second-order valence-electron chi connectivity index (χ2n) is 4.62. The van der Waals surface area contributed by atoms with Crippen LogP contribution in [0.4, 0.5) is 5.69 Å². The molecule has 0 bridgehead atoms. The van der Waals surface area contributed by atoms with E-state index in [1.807, 2.05) is 6.07 Å². The third-order valence-corrected chi connectivity index (χ3v) is 3.24. The van der Waals surface area contributed by atoms with Gasteiger partial charge in [-0.3, -0.25) is 9.59 Å². The van der Waals surface area contributed by atoms with Crippen LogP contribution in [0.25, 0.3) is 10.9 Å². The lowest BCUT2D eigenvalue weighted by Crippen LogP contribution is -2.21. The first kappa shape index (κ1) is 13.8. The van der Waals surface area contributed by atoms with E-state index in [0.29, 0.717) is 22.5 Å². The number of fused-ring (bicyclic) bond motifs is 1. The van der Waals surface area contributed by atoms with E-state index in [1.165, 1.54) is 19.5 Å². The predicted octanol–water partition coefficient (Wildman–Crippen LogP) is 2.18. The highest BCUT2D eigenvalue weighted by Gasteiger charge is 2.13. The van der Waals surface area contributed by atoms with Gasteiger partial charge in [-0.15, -0.1) is 0 Å². The lowest BCUT2D eigenvalue weighted by molar-refractivity contribution is 0.102. The third kappa shape index (κ3) is 2.54. The van der Waals surface area contributed by atoms with E-state index in [1.54, 1.807) is 30.3 Å². The smallest absolute Gasteiger partial charge is 0.261 e. The summed E-state index contributed by atoms with van der Waals surface area (Å²) >= 11 is 0. The van der Waals surface area contributed by atoms with Crippen LogP contribution in [-0.2, 0) is 0 Å². The molecule has 0 unspecified atom stereocenters. The summed E-state index contributed by atoms with van der Waals surface area (Å²) in [7, 11) is 1.51. The van der Waals surface area contributed by atoms with Gasteiger partial charge < -0.3 is 15.0 Å². The van der Waals surface area contributed by atoms with Gasteiger partial charge in [-0.05, 0) is 18.2 Å². The fourth-order valence-electron chi connectivity index (χ4n) is 2.11. The number of nitrogens with one attached hydrogen (secondary N) is 2. The molecular weight excluding hydrogens is 282 g/mol. The van der Waals surface area contributed by atoms with Gasteiger partial charge in [-0.25, -0.2) is 4.98 Å². The van der Waals surface area contributed by atoms with Gasteiger partial charge in [0.15, 0.2) is 0 Å². The number of hydrogen-bond acceptors (Lipinski definition) is 4. The molecule has 0 saturated heterocycles. The largest absolute Gasteiger partial charge is 0.481 e. The van der Waals surface area contributed by atoms with Crippen molar-refractivity contribution in [3.63, 3.8) is 0 Å². The molecule has 0 atom stereocenters. The highest BCUT2D eigenvalue weighted by molar-refractivity contribution is 6.05. The average Bonchev–Trinajstić information content (AvgIpc) is 2.56. The van der Waals surface area contributed by atoms with Crippen LogP contribution in [0.5, 0.6) is 5.88 Å². The molecule has 22 heavy (non-hydrogen) atoms. The summed E-state index contributed by atoms with van der Waals surface area (Å²) in [5.41, 5.74) is 0.913. The number of para-hydroxylation sites is 1. The van der Waals surface area contributed by atoms with E-state index in [-0.39, 0.29) is 11.0 Å². The van der Waals surface area contributed by atoms with Crippen LogP contribution in [0.15, 0.2) is 53.6 Å². The first-order valence-corrected chi connectivity index (χ1v) is 6.61. The van der Waals surface area contributed by atoms with Crippen molar-refractivity contribution in [1.29, 1.82) is 0 Å². The molecule has 2 heterocycles. The van der Waals surface area contributed by atoms with Crippen molar-refractivity contribution in [1.82, 2.24) is 9.97 Å². The summed E-state index contributed by atoms with van der Waals surface area (Å²) in [6.45, 7) is 0. The highest BCUT2D eigenvalue weighted by atomic mass is 16.5. The van der Waals surface area contributed by atoms with E-state index >= 15 is 0 Å². The summed E-state index contributed by atoms with van der Waals surface area (Å²) in [5, 5.41) is 3.11. The van der Waals surface area contributed by atoms with E-state index < -0.39 is 5.91 Å². The minimum absolute atomic E-state index is 0.0505. The van der Waals surface area contributed by atoms with E-state index in [2.05, 4.69) is 15.3 Å². The lowest BCUT2D eigenvalue weighted by Gasteiger charge is -2.06. The van der Waals surface area contributed by atoms with Crippen LogP contribution in [0.1, 0.15) is 10.4 Å². The maximum absolute atomic E-state index is 12.3. The molecule has 6 nitrogen and oxygen atoms in total. The number of carbonyl (C=O) groups is 1. The number of aromatic amines is 1. The lowest BCUT2D eigenvalue weighted by atomic mass is 10.1. The van der Waals surface area contributed by atoms with Gasteiger partial charge in [0.05, 0.1) is 19.0 Å². The zero-order chi connectivity index (χ0) is 15.5. The minimum atomic E-state index is -0.487. The molecule has 1 aromatic carbocycles. The van der Waals surface area contributed by atoms with Crippen LogP contribution in [0.2, 0.25) is 0 Å². The second kappa shape index (κ2) is 5.69. The van der Waals surface area contributed by atoms with Crippen LogP contribution >= 0.6 is 0 Å². The zero-order valence-electron chi connectivity index (χ0n) is 11.8. The fraction of sp³-hybridized carbons (Fsp3) is 0.0625. The van der Waals surface area contributed by atoms with Crippen molar-refractivity contribution in [2.45, 2.75) is 0 Å². The number of nitrogens with zero attached hydrogens (tertiary/aromatic N) is 1. The SMILES string of the molecule is COc1ccc(NC(=O)c2c[nH]c3ccccc3c2=O)cn1.